The number of nitrogens with two attached hydrogens (primary N) is 1. The molecule has 0 fully saturated rings. The normalized spacial score (nSPS) is 11.3. The van der Waals surface area contributed by atoms with Gasteiger partial charge in [0.15, 0.2) is 0 Å². The molecule has 0 bridgehead atoms. The molecule has 4 heterocycles. The summed E-state index contributed by atoms with van der Waals surface area (Å²) in [5.74, 6) is 1.76. The molecule has 0 unspecified atom stereocenters. The minimum absolute atomic E-state index is 0.0950. The van der Waals surface area contributed by atoms with E-state index in [1.54, 1.807) is 44.3 Å². The van der Waals surface area contributed by atoms with Crippen LogP contribution in [-0.4, -0.2) is 49.7 Å². The minimum Gasteiger partial charge on any atom is -0.497 e. The Hall–Kier alpha value is -4.71. The molecule has 4 aromatic heterocycles. The van der Waals surface area contributed by atoms with Crippen LogP contribution in [0.25, 0.3) is 33.9 Å². The molecule has 1 aromatic carbocycles. The Morgan fingerprint density at radius 2 is 1.93 bits per heavy atom. The molecule has 5 aromatic rings. The summed E-state index contributed by atoms with van der Waals surface area (Å²) in [4.78, 5) is 22.9. The number of ether oxygens (including phenoxy) is 2. The zero-order valence-electron chi connectivity index (χ0n) is 23.4. The van der Waals surface area contributed by atoms with Crippen LogP contribution < -0.4 is 20.5 Å². The van der Waals surface area contributed by atoms with Crippen molar-refractivity contribution in [2.75, 3.05) is 14.2 Å². The van der Waals surface area contributed by atoms with Crippen molar-refractivity contribution in [3.63, 3.8) is 0 Å². The third-order valence-electron chi connectivity index (χ3n) is 6.95. The van der Waals surface area contributed by atoms with E-state index in [4.69, 9.17) is 29.6 Å². The summed E-state index contributed by atoms with van der Waals surface area (Å²) in [6.07, 6.45) is 1.70. The number of benzene rings is 1. The molecule has 0 saturated heterocycles. The highest BCUT2D eigenvalue weighted by Crippen LogP contribution is 2.34. The van der Waals surface area contributed by atoms with E-state index in [9.17, 15) is 4.79 Å². The molecule has 0 saturated carbocycles. The second-order valence-corrected chi connectivity index (χ2v) is 9.29. The quantitative estimate of drug-likeness (QED) is 0.284. The lowest BCUT2D eigenvalue weighted by Gasteiger charge is -2.12. The number of oxazole rings is 1. The number of nitrogens with one attached hydrogen (secondary N) is 1. The number of fused-ring (bicyclic) bond motifs is 1. The molecule has 1 amide bonds. The maximum absolute atomic E-state index is 13.4. The maximum atomic E-state index is 13.4. The van der Waals surface area contributed by atoms with Gasteiger partial charge in [-0.25, -0.2) is 9.97 Å². The number of pyridine rings is 1. The van der Waals surface area contributed by atoms with Gasteiger partial charge in [-0.2, -0.15) is 10.2 Å². The van der Waals surface area contributed by atoms with E-state index in [2.05, 4.69) is 15.5 Å². The highest BCUT2D eigenvalue weighted by atomic mass is 16.5. The molecule has 3 N–H and O–H groups in total. The summed E-state index contributed by atoms with van der Waals surface area (Å²) in [7, 11) is 4.96. The van der Waals surface area contributed by atoms with Gasteiger partial charge in [0.05, 0.1) is 38.2 Å². The van der Waals surface area contributed by atoms with Crippen LogP contribution in [0.4, 0.5) is 0 Å². The molecule has 12 nitrogen and oxygen atoms in total. The van der Waals surface area contributed by atoms with E-state index in [1.165, 1.54) is 0 Å². The fraction of sp³-hybridized carbons (Fsp3) is 0.321. The minimum atomic E-state index is -0.365. The van der Waals surface area contributed by atoms with E-state index in [0.29, 0.717) is 41.1 Å². The van der Waals surface area contributed by atoms with Crippen LogP contribution in [0.15, 0.2) is 34.9 Å². The first-order valence-corrected chi connectivity index (χ1v) is 12.9. The van der Waals surface area contributed by atoms with Crippen molar-refractivity contribution in [3.8, 4) is 34.5 Å². The van der Waals surface area contributed by atoms with Crippen molar-refractivity contribution >= 4 is 16.8 Å². The van der Waals surface area contributed by atoms with Crippen molar-refractivity contribution in [1.29, 1.82) is 0 Å². The number of aromatic nitrogens is 6. The Balaban J connectivity index is 1.55. The molecule has 5 rings (SSSR count). The Labute approximate surface area is 231 Å². The van der Waals surface area contributed by atoms with Gasteiger partial charge in [-0.05, 0) is 39.0 Å². The van der Waals surface area contributed by atoms with Crippen LogP contribution in [0.5, 0.6) is 11.5 Å². The highest BCUT2D eigenvalue weighted by Gasteiger charge is 2.25. The van der Waals surface area contributed by atoms with Crippen molar-refractivity contribution in [3.05, 3.63) is 58.7 Å². The number of hydrogen-bond donors (Lipinski definition) is 2. The Morgan fingerprint density at radius 1 is 1.12 bits per heavy atom. The number of hydrogen-bond acceptors (Lipinski definition) is 9. The van der Waals surface area contributed by atoms with E-state index in [1.807, 2.05) is 37.6 Å². The lowest BCUT2D eigenvalue weighted by Crippen LogP contribution is -2.24. The molecule has 0 aliphatic carbocycles. The number of aryl methyl sites for hydroxylation is 3. The standard InChI is InChI=1S/C28H32N8O4/c1-7-36-26(15(2)16(3)34-36)28-33-25(23(12-29)40-28)24-19-14-31-35(4)21(19)11-20(32-24)27(37)30-13-17-8-9-18(38-5)10-22(17)39-6/h8-11,14H,7,12-13,29H2,1-6H3,(H,30,37). The van der Waals surface area contributed by atoms with Crippen LogP contribution in [0, 0.1) is 13.8 Å². The molecule has 0 aliphatic heterocycles. The summed E-state index contributed by atoms with van der Waals surface area (Å²) < 4.78 is 20.4. The number of carbonyl (C=O) groups is 1. The van der Waals surface area contributed by atoms with Gasteiger partial charge >= 0.3 is 0 Å². The van der Waals surface area contributed by atoms with Crippen molar-refractivity contribution < 1.29 is 18.7 Å². The molecule has 0 radical (unpaired) electrons. The van der Waals surface area contributed by atoms with Gasteiger partial charge in [0, 0.05) is 42.7 Å². The SMILES string of the molecule is CCn1nc(C)c(C)c1-c1nc(-c2nc(C(=O)NCc3ccc(OC)cc3OC)cc3c2cnn3C)c(CN)o1. The summed E-state index contributed by atoms with van der Waals surface area (Å²) in [5, 5.41) is 12.6. The van der Waals surface area contributed by atoms with Crippen molar-refractivity contribution in [2.24, 2.45) is 12.8 Å². The molecular formula is C28H32N8O4. The van der Waals surface area contributed by atoms with E-state index >= 15 is 0 Å². The third kappa shape index (κ3) is 4.66. The zero-order chi connectivity index (χ0) is 28.6. The van der Waals surface area contributed by atoms with Crippen molar-refractivity contribution in [2.45, 2.75) is 40.4 Å². The van der Waals surface area contributed by atoms with Crippen LogP contribution in [0.1, 0.15) is 40.0 Å². The molecule has 12 heteroatoms. The lowest BCUT2D eigenvalue weighted by molar-refractivity contribution is 0.0946. The fourth-order valence-corrected chi connectivity index (χ4v) is 4.65. The zero-order valence-corrected chi connectivity index (χ0v) is 23.4. The first-order chi connectivity index (χ1) is 19.3. The molecule has 0 spiro atoms. The molecule has 0 aliphatic rings. The number of methoxy groups -OCH3 is 2. The fourth-order valence-electron chi connectivity index (χ4n) is 4.65. The van der Waals surface area contributed by atoms with E-state index < -0.39 is 0 Å². The van der Waals surface area contributed by atoms with Crippen LogP contribution >= 0.6 is 0 Å². The van der Waals surface area contributed by atoms with Gasteiger partial charge in [-0.3, -0.25) is 14.2 Å². The second kappa shape index (κ2) is 10.8. The van der Waals surface area contributed by atoms with E-state index in [0.717, 1.165) is 33.4 Å². The largest absolute Gasteiger partial charge is 0.497 e. The smallest absolute Gasteiger partial charge is 0.270 e. The van der Waals surface area contributed by atoms with Gasteiger partial charge in [-0.15, -0.1) is 0 Å². The molecule has 0 atom stereocenters. The number of nitrogens with zero attached hydrogens (tertiary/aromatic N) is 6. The van der Waals surface area contributed by atoms with E-state index in [-0.39, 0.29) is 24.7 Å². The average Bonchev–Trinajstić information content (AvgIpc) is 3.65. The Kier molecular flexibility index (Phi) is 7.26. The Morgan fingerprint density at radius 3 is 2.62 bits per heavy atom. The van der Waals surface area contributed by atoms with Crippen LogP contribution in [0.2, 0.25) is 0 Å². The summed E-state index contributed by atoms with van der Waals surface area (Å²) in [5.41, 5.74) is 11.4. The summed E-state index contributed by atoms with van der Waals surface area (Å²) in [6.45, 7) is 6.91. The van der Waals surface area contributed by atoms with Gasteiger partial charge in [0.25, 0.3) is 5.91 Å². The van der Waals surface area contributed by atoms with Crippen molar-refractivity contribution in [1.82, 2.24) is 34.8 Å². The number of amides is 1. The number of carbonyl (C=O) groups excluding carboxylic acids is 1. The van der Waals surface area contributed by atoms with Crippen LogP contribution in [0.3, 0.4) is 0 Å². The van der Waals surface area contributed by atoms with Crippen LogP contribution in [-0.2, 0) is 26.7 Å². The first-order valence-electron chi connectivity index (χ1n) is 12.9. The van der Waals surface area contributed by atoms with Gasteiger partial charge in [-0.1, -0.05) is 0 Å². The molecular weight excluding hydrogens is 512 g/mol. The molecule has 40 heavy (non-hydrogen) atoms. The van der Waals surface area contributed by atoms with Gasteiger partial charge < -0.3 is 24.9 Å². The second-order valence-electron chi connectivity index (χ2n) is 9.29. The van der Waals surface area contributed by atoms with Gasteiger partial charge in [0.1, 0.15) is 40.0 Å². The lowest BCUT2D eigenvalue weighted by atomic mass is 10.1. The summed E-state index contributed by atoms with van der Waals surface area (Å²) >= 11 is 0. The van der Waals surface area contributed by atoms with Gasteiger partial charge in [0.2, 0.25) is 5.89 Å². The summed E-state index contributed by atoms with van der Waals surface area (Å²) in [6, 6.07) is 7.13. The molecule has 208 valence electrons. The number of rotatable bonds is 9. The maximum Gasteiger partial charge on any atom is 0.270 e. The monoisotopic (exact) mass is 544 g/mol. The average molecular weight is 545 g/mol. The first kappa shape index (κ1) is 26.9. The predicted molar refractivity (Wildman–Crippen MR) is 149 cm³/mol. The predicted octanol–water partition coefficient (Wildman–Crippen LogP) is 3.53. The topological polar surface area (TPSA) is 148 Å². The highest BCUT2D eigenvalue weighted by molar-refractivity contribution is 6.00. The third-order valence-corrected chi connectivity index (χ3v) is 6.95. The Bertz CT molecular complexity index is 1720.